The van der Waals surface area contributed by atoms with E-state index in [1.54, 1.807) is 0 Å². The molecule has 1 fully saturated rings. The Morgan fingerprint density at radius 3 is 2.61 bits per heavy atom. The Kier molecular flexibility index (Phi) is 4.40. The van der Waals surface area contributed by atoms with Gasteiger partial charge in [0.05, 0.1) is 0 Å². The van der Waals surface area contributed by atoms with Gasteiger partial charge in [-0.3, -0.25) is 4.79 Å². The van der Waals surface area contributed by atoms with Crippen molar-refractivity contribution in [2.45, 2.75) is 44.2 Å². The highest BCUT2D eigenvalue weighted by molar-refractivity contribution is 9.10. The van der Waals surface area contributed by atoms with Crippen LogP contribution in [0.4, 0.5) is 0 Å². The predicted molar refractivity (Wildman–Crippen MR) is 76.3 cm³/mol. The van der Waals surface area contributed by atoms with Crippen molar-refractivity contribution in [3.63, 3.8) is 0 Å². The summed E-state index contributed by atoms with van der Waals surface area (Å²) in [6, 6.07) is 8.70. The first kappa shape index (κ1) is 13.6. The van der Waals surface area contributed by atoms with Gasteiger partial charge in [0.15, 0.2) is 0 Å². The summed E-state index contributed by atoms with van der Waals surface area (Å²) < 4.78 is 1.06. The molecule has 1 aliphatic carbocycles. The summed E-state index contributed by atoms with van der Waals surface area (Å²) in [5.74, 6) is 0.370. The molecule has 1 saturated carbocycles. The highest BCUT2D eigenvalue weighted by Crippen LogP contribution is 2.22. The van der Waals surface area contributed by atoms with Gasteiger partial charge in [0.25, 0.3) is 0 Å². The molecule has 3 N–H and O–H groups in total. The maximum absolute atomic E-state index is 11.8. The SMILES string of the molecule is CC(CC(=O)NC1CC(N)C1)c1ccc(Br)cc1. The molecule has 1 aromatic rings. The minimum Gasteiger partial charge on any atom is -0.353 e. The van der Waals surface area contributed by atoms with Gasteiger partial charge in [-0.2, -0.15) is 0 Å². The lowest BCUT2D eigenvalue weighted by molar-refractivity contribution is -0.122. The first-order valence-electron chi connectivity index (χ1n) is 6.35. The molecule has 0 bridgehead atoms. The Hall–Kier alpha value is -0.870. The molecule has 0 saturated heterocycles. The molecule has 1 aromatic carbocycles. The molecule has 1 amide bonds. The Morgan fingerprint density at radius 2 is 2.06 bits per heavy atom. The van der Waals surface area contributed by atoms with Crippen molar-refractivity contribution >= 4 is 21.8 Å². The van der Waals surface area contributed by atoms with E-state index in [0.717, 1.165) is 17.3 Å². The number of rotatable bonds is 4. The zero-order valence-electron chi connectivity index (χ0n) is 10.5. The summed E-state index contributed by atoms with van der Waals surface area (Å²) in [6.07, 6.45) is 2.37. The monoisotopic (exact) mass is 310 g/mol. The van der Waals surface area contributed by atoms with Gasteiger partial charge in [-0.05, 0) is 36.5 Å². The summed E-state index contributed by atoms with van der Waals surface area (Å²) in [6.45, 7) is 2.08. The van der Waals surface area contributed by atoms with Crippen LogP contribution in [0.25, 0.3) is 0 Å². The quantitative estimate of drug-likeness (QED) is 0.898. The molecule has 4 heteroatoms. The van der Waals surface area contributed by atoms with E-state index in [2.05, 4.69) is 40.3 Å². The van der Waals surface area contributed by atoms with E-state index in [-0.39, 0.29) is 17.9 Å². The predicted octanol–water partition coefficient (Wildman–Crippen LogP) is 2.55. The van der Waals surface area contributed by atoms with Crippen LogP contribution in [0.15, 0.2) is 28.7 Å². The van der Waals surface area contributed by atoms with E-state index in [4.69, 9.17) is 5.73 Å². The van der Waals surface area contributed by atoms with Crippen LogP contribution in [0.5, 0.6) is 0 Å². The molecule has 0 aliphatic heterocycles. The molecule has 2 rings (SSSR count). The van der Waals surface area contributed by atoms with Crippen LogP contribution < -0.4 is 11.1 Å². The van der Waals surface area contributed by atoms with Crippen LogP contribution in [0.1, 0.15) is 37.7 Å². The van der Waals surface area contributed by atoms with Gasteiger partial charge < -0.3 is 11.1 Å². The third kappa shape index (κ3) is 3.56. The molecule has 18 heavy (non-hydrogen) atoms. The lowest BCUT2D eigenvalue weighted by atomic mass is 9.87. The topological polar surface area (TPSA) is 55.1 Å². The van der Waals surface area contributed by atoms with Crippen molar-refractivity contribution in [1.82, 2.24) is 5.32 Å². The van der Waals surface area contributed by atoms with E-state index < -0.39 is 0 Å². The van der Waals surface area contributed by atoms with E-state index in [9.17, 15) is 4.79 Å². The number of carbonyl (C=O) groups excluding carboxylic acids is 1. The standard InChI is InChI=1S/C14H19BrN2O/c1-9(10-2-4-11(15)5-3-10)6-14(18)17-13-7-12(16)8-13/h2-5,9,12-13H,6-8,16H2,1H3,(H,17,18). The second kappa shape index (κ2) is 5.85. The normalized spacial score (nSPS) is 24.2. The number of benzene rings is 1. The molecule has 98 valence electrons. The molecule has 1 unspecified atom stereocenters. The molecular formula is C14H19BrN2O. The number of amides is 1. The van der Waals surface area contributed by atoms with Crippen LogP contribution in [-0.4, -0.2) is 18.0 Å². The molecule has 0 radical (unpaired) electrons. The summed E-state index contributed by atoms with van der Waals surface area (Å²) in [7, 11) is 0. The minimum atomic E-state index is 0.127. The largest absolute Gasteiger partial charge is 0.353 e. The molecular weight excluding hydrogens is 292 g/mol. The maximum Gasteiger partial charge on any atom is 0.220 e. The van der Waals surface area contributed by atoms with Crippen molar-refractivity contribution in [3.05, 3.63) is 34.3 Å². The average Bonchev–Trinajstić information content (AvgIpc) is 2.27. The van der Waals surface area contributed by atoms with Gasteiger partial charge in [-0.1, -0.05) is 35.0 Å². The molecule has 1 aliphatic rings. The Labute approximate surface area is 116 Å². The van der Waals surface area contributed by atoms with Crippen molar-refractivity contribution < 1.29 is 4.79 Å². The number of halogens is 1. The van der Waals surface area contributed by atoms with Crippen molar-refractivity contribution in [3.8, 4) is 0 Å². The summed E-state index contributed by atoms with van der Waals surface area (Å²) in [5.41, 5.74) is 6.89. The average molecular weight is 311 g/mol. The fraction of sp³-hybridized carbons (Fsp3) is 0.500. The summed E-state index contributed by atoms with van der Waals surface area (Å²) in [4.78, 5) is 11.8. The molecule has 0 spiro atoms. The summed E-state index contributed by atoms with van der Waals surface area (Å²) in [5, 5.41) is 3.03. The van der Waals surface area contributed by atoms with Gasteiger partial charge in [0.1, 0.15) is 0 Å². The van der Waals surface area contributed by atoms with Crippen molar-refractivity contribution in [2.24, 2.45) is 5.73 Å². The first-order chi connectivity index (χ1) is 8.54. The van der Waals surface area contributed by atoms with Crippen LogP contribution in [0.2, 0.25) is 0 Å². The third-order valence-corrected chi connectivity index (χ3v) is 4.00. The van der Waals surface area contributed by atoms with Crippen LogP contribution in [-0.2, 0) is 4.79 Å². The smallest absolute Gasteiger partial charge is 0.220 e. The molecule has 0 heterocycles. The molecule has 1 atom stereocenters. The minimum absolute atomic E-state index is 0.127. The van der Waals surface area contributed by atoms with Crippen molar-refractivity contribution in [2.75, 3.05) is 0 Å². The second-order valence-corrected chi connectivity index (χ2v) is 6.07. The zero-order chi connectivity index (χ0) is 13.1. The maximum atomic E-state index is 11.8. The Bertz CT molecular complexity index is 412. The van der Waals surface area contributed by atoms with Crippen LogP contribution in [0.3, 0.4) is 0 Å². The molecule has 3 nitrogen and oxygen atoms in total. The lowest BCUT2D eigenvalue weighted by Gasteiger charge is -2.33. The van der Waals surface area contributed by atoms with Crippen molar-refractivity contribution in [1.29, 1.82) is 0 Å². The van der Waals surface area contributed by atoms with Crippen LogP contribution >= 0.6 is 15.9 Å². The molecule has 0 aromatic heterocycles. The van der Waals surface area contributed by atoms with Gasteiger partial charge in [0.2, 0.25) is 5.91 Å². The fourth-order valence-electron chi connectivity index (χ4n) is 2.25. The number of nitrogens with one attached hydrogen (secondary N) is 1. The van der Waals surface area contributed by atoms with E-state index in [0.29, 0.717) is 12.5 Å². The highest BCUT2D eigenvalue weighted by atomic mass is 79.9. The zero-order valence-corrected chi connectivity index (χ0v) is 12.1. The van der Waals surface area contributed by atoms with Gasteiger partial charge >= 0.3 is 0 Å². The van der Waals surface area contributed by atoms with E-state index >= 15 is 0 Å². The Balaban J connectivity index is 1.81. The van der Waals surface area contributed by atoms with Gasteiger partial charge in [0, 0.05) is 23.0 Å². The summed E-state index contributed by atoms with van der Waals surface area (Å²) >= 11 is 3.41. The number of hydrogen-bond acceptors (Lipinski definition) is 2. The fourth-order valence-corrected chi connectivity index (χ4v) is 2.52. The lowest BCUT2D eigenvalue weighted by Crippen LogP contribution is -2.50. The third-order valence-electron chi connectivity index (χ3n) is 3.47. The van der Waals surface area contributed by atoms with E-state index in [1.165, 1.54) is 5.56 Å². The second-order valence-electron chi connectivity index (χ2n) is 5.15. The number of carbonyl (C=O) groups is 1. The highest BCUT2D eigenvalue weighted by Gasteiger charge is 2.27. The van der Waals surface area contributed by atoms with E-state index in [1.807, 2.05) is 12.1 Å². The van der Waals surface area contributed by atoms with Gasteiger partial charge in [-0.25, -0.2) is 0 Å². The Morgan fingerprint density at radius 1 is 1.44 bits per heavy atom. The number of nitrogens with two attached hydrogens (primary N) is 1. The number of hydrogen-bond donors (Lipinski definition) is 2. The first-order valence-corrected chi connectivity index (χ1v) is 7.14. The van der Waals surface area contributed by atoms with Crippen LogP contribution in [0, 0.1) is 0 Å². The van der Waals surface area contributed by atoms with Gasteiger partial charge in [-0.15, -0.1) is 0 Å².